The highest BCUT2D eigenvalue weighted by molar-refractivity contribution is 5.17. The van der Waals surface area contributed by atoms with E-state index < -0.39 is 0 Å². The molecule has 0 amide bonds. The fourth-order valence-corrected chi connectivity index (χ4v) is 0.934. The fraction of sp³-hybridized carbons (Fsp3) is 0.750. The molecule has 0 aliphatic carbocycles. The van der Waals surface area contributed by atoms with Crippen molar-refractivity contribution in [3.63, 3.8) is 0 Å². The Morgan fingerprint density at radius 1 is 1.30 bits per heavy atom. The van der Waals surface area contributed by atoms with Crippen LogP contribution in [0.25, 0.3) is 0 Å². The first-order valence-electron chi connectivity index (χ1n) is 3.91. The van der Waals surface area contributed by atoms with Crippen LogP contribution >= 0.6 is 0 Å². The lowest BCUT2D eigenvalue weighted by molar-refractivity contribution is 0.831. The first-order valence-corrected chi connectivity index (χ1v) is 3.91. The molecule has 10 heavy (non-hydrogen) atoms. The molecule has 0 spiro atoms. The summed E-state index contributed by atoms with van der Waals surface area (Å²) in [5, 5.41) is 6.37. The van der Waals surface area contributed by atoms with E-state index in [0.717, 1.165) is 13.1 Å². The lowest BCUT2D eigenvalue weighted by Crippen LogP contribution is -2.14. The molecule has 0 bridgehead atoms. The lowest BCUT2D eigenvalue weighted by atomic mass is 10.3. The fourth-order valence-electron chi connectivity index (χ4n) is 0.934. The molecule has 0 atom stereocenters. The highest BCUT2D eigenvalue weighted by Gasteiger charge is 2.05. The van der Waals surface area contributed by atoms with Crippen LogP contribution in [0.5, 0.6) is 0 Å². The molecule has 1 heterocycles. The maximum atomic E-state index is 3.24. The average Bonchev–Trinajstić information content (AvgIpc) is 2.39. The number of hydrogen-bond donors (Lipinski definition) is 2. The van der Waals surface area contributed by atoms with E-state index in [9.17, 15) is 0 Å². The minimum absolute atomic E-state index is 1.02. The SMILES string of the molecule is CC.CNC1=C(C)CNC1. The van der Waals surface area contributed by atoms with Gasteiger partial charge in [-0.3, -0.25) is 0 Å². The summed E-state index contributed by atoms with van der Waals surface area (Å²) in [6.07, 6.45) is 0. The van der Waals surface area contributed by atoms with Crippen LogP contribution in [-0.4, -0.2) is 20.1 Å². The second-order valence-corrected chi connectivity index (χ2v) is 2.11. The third kappa shape index (κ3) is 2.40. The molecule has 2 nitrogen and oxygen atoms in total. The van der Waals surface area contributed by atoms with Crippen molar-refractivity contribution in [1.82, 2.24) is 10.6 Å². The minimum atomic E-state index is 1.02. The summed E-state index contributed by atoms with van der Waals surface area (Å²) in [4.78, 5) is 0. The lowest BCUT2D eigenvalue weighted by Gasteiger charge is -1.97. The van der Waals surface area contributed by atoms with Crippen LogP contribution in [0.2, 0.25) is 0 Å². The summed E-state index contributed by atoms with van der Waals surface area (Å²) in [5.74, 6) is 0. The highest BCUT2D eigenvalue weighted by atomic mass is 15.0. The maximum absolute atomic E-state index is 3.24. The third-order valence-electron chi connectivity index (χ3n) is 1.51. The summed E-state index contributed by atoms with van der Waals surface area (Å²) in [7, 11) is 1.96. The van der Waals surface area contributed by atoms with Crippen molar-refractivity contribution in [2.45, 2.75) is 20.8 Å². The van der Waals surface area contributed by atoms with Crippen LogP contribution in [0, 0.1) is 0 Å². The second kappa shape index (κ2) is 5.30. The van der Waals surface area contributed by atoms with E-state index in [1.807, 2.05) is 20.9 Å². The Balaban J connectivity index is 0.000000371. The van der Waals surface area contributed by atoms with Gasteiger partial charge >= 0.3 is 0 Å². The quantitative estimate of drug-likeness (QED) is 0.573. The summed E-state index contributed by atoms with van der Waals surface area (Å²) in [6, 6.07) is 0. The standard InChI is InChI=1S/C6H12N2.C2H6/c1-5-3-8-4-6(5)7-2;1-2/h7-8H,3-4H2,1-2H3;1-2H3. The molecule has 0 aromatic heterocycles. The predicted octanol–water partition coefficient (Wildman–Crippen LogP) is 1.11. The van der Waals surface area contributed by atoms with Gasteiger partial charge in [0.15, 0.2) is 0 Å². The van der Waals surface area contributed by atoms with Gasteiger partial charge in [0.25, 0.3) is 0 Å². The van der Waals surface area contributed by atoms with Crippen LogP contribution < -0.4 is 10.6 Å². The summed E-state index contributed by atoms with van der Waals surface area (Å²) in [6.45, 7) is 8.21. The van der Waals surface area contributed by atoms with E-state index in [1.165, 1.54) is 11.3 Å². The Labute approximate surface area is 63.7 Å². The number of hydrogen-bond acceptors (Lipinski definition) is 2. The van der Waals surface area contributed by atoms with E-state index in [1.54, 1.807) is 0 Å². The molecule has 1 aliphatic heterocycles. The largest absolute Gasteiger partial charge is 0.390 e. The van der Waals surface area contributed by atoms with E-state index in [-0.39, 0.29) is 0 Å². The maximum Gasteiger partial charge on any atom is 0.0356 e. The number of likely N-dealkylation sites (N-methyl/N-ethyl adjacent to an activating group) is 1. The molecule has 60 valence electrons. The highest BCUT2D eigenvalue weighted by Crippen LogP contribution is 2.02. The van der Waals surface area contributed by atoms with E-state index >= 15 is 0 Å². The smallest absolute Gasteiger partial charge is 0.0356 e. The molecule has 0 aromatic rings. The van der Waals surface area contributed by atoms with Gasteiger partial charge in [-0.15, -0.1) is 0 Å². The minimum Gasteiger partial charge on any atom is -0.390 e. The molecule has 1 aliphatic rings. The van der Waals surface area contributed by atoms with Crippen LogP contribution in [0.3, 0.4) is 0 Å². The Hall–Kier alpha value is -0.500. The first kappa shape index (κ1) is 9.50. The van der Waals surface area contributed by atoms with Gasteiger partial charge in [0.2, 0.25) is 0 Å². The molecule has 0 radical (unpaired) electrons. The molecule has 0 unspecified atom stereocenters. The molecular weight excluding hydrogens is 124 g/mol. The topological polar surface area (TPSA) is 24.1 Å². The Bertz CT molecular complexity index is 116. The molecule has 0 fully saturated rings. The summed E-state index contributed by atoms with van der Waals surface area (Å²) in [5.41, 5.74) is 2.79. The zero-order valence-corrected chi connectivity index (χ0v) is 7.41. The van der Waals surface area contributed by atoms with Gasteiger partial charge in [-0.05, 0) is 12.5 Å². The van der Waals surface area contributed by atoms with E-state index in [0.29, 0.717) is 0 Å². The summed E-state index contributed by atoms with van der Waals surface area (Å²) >= 11 is 0. The van der Waals surface area contributed by atoms with Crippen molar-refractivity contribution in [1.29, 1.82) is 0 Å². The van der Waals surface area contributed by atoms with Gasteiger partial charge in [-0.1, -0.05) is 13.8 Å². The first-order chi connectivity index (χ1) is 4.84. The van der Waals surface area contributed by atoms with Crippen LogP contribution in [0.15, 0.2) is 11.3 Å². The van der Waals surface area contributed by atoms with Crippen LogP contribution in [-0.2, 0) is 0 Å². The van der Waals surface area contributed by atoms with E-state index in [4.69, 9.17) is 0 Å². The molecule has 2 heteroatoms. The second-order valence-electron chi connectivity index (χ2n) is 2.11. The number of nitrogens with one attached hydrogen (secondary N) is 2. The van der Waals surface area contributed by atoms with Gasteiger partial charge in [-0.25, -0.2) is 0 Å². The average molecular weight is 142 g/mol. The predicted molar refractivity (Wildman–Crippen MR) is 46.0 cm³/mol. The third-order valence-corrected chi connectivity index (χ3v) is 1.51. The van der Waals surface area contributed by atoms with Crippen LogP contribution in [0.1, 0.15) is 20.8 Å². The summed E-state index contributed by atoms with van der Waals surface area (Å²) < 4.78 is 0. The molecule has 0 saturated heterocycles. The van der Waals surface area contributed by atoms with Crippen molar-refractivity contribution in [3.05, 3.63) is 11.3 Å². The molecule has 0 saturated carbocycles. The van der Waals surface area contributed by atoms with Crippen molar-refractivity contribution in [3.8, 4) is 0 Å². The molecular formula is C8H18N2. The van der Waals surface area contributed by atoms with Gasteiger partial charge in [0.1, 0.15) is 0 Å². The molecule has 0 aromatic carbocycles. The van der Waals surface area contributed by atoms with Gasteiger partial charge < -0.3 is 10.6 Å². The van der Waals surface area contributed by atoms with Gasteiger partial charge in [0.05, 0.1) is 0 Å². The molecule has 1 rings (SSSR count). The number of rotatable bonds is 1. The van der Waals surface area contributed by atoms with Crippen molar-refractivity contribution >= 4 is 0 Å². The Morgan fingerprint density at radius 3 is 2.10 bits per heavy atom. The zero-order chi connectivity index (χ0) is 7.98. The monoisotopic (exact) mass is 142 g/mol. The Morgan fingerprint density at radius 2 is 1.90 bits per heavy atom. The van der Waals surface area contributed by atoms with Crippen molar-refractivity contribution < 1.29 is 0 Å². The van der Waals surface area contributed by atoms with Crippen molar-refractivity contribution in [2.75, 3.05) is 20.1 Å². The van der Waals surface area contributed by atoms with E-state index in [2.05, 4.69) is 17.6 Å². The van der Waals surface area contributed by atoms with Gasteiger partial charge in [-0.2, -0.15) is 0 Å². The van der Waals surface area contributed by atoms with Crippen LogP contribution in [0.4, 0.5) is 0 Å². The van der Waals surface area contributed by atoms with Crippen molar-refractivity contribution in [2.24, 2.45) is 0 Å². The molecule has 2 N–H and O–H groups in total. The normalized spacial score (nSPS) is 16.4. The Kier molecular flexibility index (Phi) is 5.03. The zero-order valence-electron chi connectivity index (χ0n) is 7.41. The van der Waals surface area contributed by atoms with Gasteiger partial charge in [0, 0.05) is 25.8 Å².